The fourth-order valence-corrected chi connectivity index (χ4v) is 5.01. The monoisotopic (exact) mass is 484 g/mol. The van der Waals surface area contributed by atoms with E-state index in [1.165, 1.54) is 46.8 Å². The third kappa shape index (κ3) is 6.20. The Bertz CT molecular complexity index is 1050. The van der Waals surface area contributed by atoms with Crippen molar-refractivity contribution >= 4 is 50.8 Å². The van der Waals surface area contributed by atoms with E-state index in [4.69, 9.17) is 27.9 Å². The molecule has 0 bridgehead atoms. The number of anilines is 1. The summed E-state index contributed by atoms with van der Waals surface area (Å²) in [5, 5.41) is 3.15. The van der Waals surface area contributed by atoms with Crippen LogP contribution in [0.4, 0.5) is 5.69 Å². The van der Waals surface area contributed by atoms with Crippen molar-refractivity contribution in [2.75, 3.05) is 25.0 Å². The first kappa shape index (κ1) is 23.5. The quantitative estimate of drug-likeness (QED) is 0.614. The van der Waals surface area contributed by atoms with Gasteiger partial charge in [-0.05, 0) is 55.3 Å². The Balaban J connectivity index is 1.66. The number of ether oxygens (including phenoxy) is 1. The molecule has 3 rings (SSSR count). The van der Waals surface area contributed by atoms with E-state index in [0.717, 1.165) is 25.7 Å². The van der Waals surface area contributed by atoms with Gasteiger partial charge in [-0.2, -0.15) is 4.31 Å². The molecule has 1 heterocycles. The highest BCUT2D eigenvalue weighted by atomic mass is 35.5. The van der Waals surface area contributed by atoms with Gasteiger partial charge in [0.1, 0.15) is 0 Å². The molecule has 0 saturated carbocycles. The summed E-state index contributed by atoms with van der Waals surface area (Å²) < 4.78 is 32.4. The van der Waals surface area contributed by atoms with Gasteiger partial charge in [0.2, 0.25) is 10.0 Å². The highest BCUT2D eigenvalue weighted by Gasteiger charge is 2.26. The van der Waals surface area contributed by atoms with Crippen molar-refractivity contribution < 1.29 is 22.7 Å². The molecule has 2 aromatic rings. The third-order valence-corrected chi connectivity index (χ3v) is 7.31. The molecule has 1 aliphatic heterocycles. The van der Waals surface area contributed by atoms with Crippen LogP contribution < -0.4 is 5.32 Å². The molecule has 166 valence electrons. The predicted molar refractivity (Wildman–Crippen MR) is 119 cm³/mol. The zero-order valence-corrected chi connectivity index (χ0v) is 19.0. The lowest BCUT2D eigenvalue weighted by molar-refractivity contribution is -0.119. The fraction of sp³-hybridized carbons (Fsp3) is 0.333. The third-order valence-electron chi connectivity index (χ3n) is 4.83. The van der Waals surface area contributed by atoms with Gasteiger partial charge in [-0.1, -0.05) is 36.0 Å². The molecule has 7 nitrogen and oxygen atoms in total. The molecule has 0 radical (unpaired) electrons. The number of esters is 1. The van der Waals surface area contributed by atoms with E-state index in [-0.39, 0.29) is 21.2 Å². The number of hydrogen-bond donors (Lipinski definition) is 1. The predicted octanol–water partition coefficient (Wildman–Crippen LogP) is 4.35. The van der Waals surface area contributed by atoms with Crippen molar-refractivity contribution in [3.8, 4) is 0 Å². The van der Waals surface area contributed by atoms with Gasteiger partial charge in [-0.15, -0.1) is 0 Å². The molecule has 0 aromatic heterocycles. The largest absolute Gasteiger partial charge is 0.452 e. The average molecular weight is 485 g/mol. The number of sulfonamides is 1. The van der Waals surface area contributed by atoms with Crippen LogP contribution in [0.2, 0.25) is 10.0 Å². The summed E-state index contributed by atoms with van der Waals surface area (Å²) in [6.45, 7) is 0.376. The number of halogens is 2. The molecule has 1 fully saturated rings. The molecule has 0 aliphatic carbocycles. The first-order chi connectivity index (χ1) is 14.8. The molecule has 10 heteroatoms. The topological polar surface area (TPSA) is 92.8 Å². The van der Waals surface area contributed by atoms with Crippen LogP contribution in [0.1, 0.15) is 36.0 Å². The number of amides is 1. The maximum atomic E-state index is 13.0. The highest BCUT2D eigenvalue weighted by Crippen LogP contribution is 2.28. The minimum atomic E-state index is -3.70. The highest BCUT2D eigenvalue weighted by molar-refractivity contribution is 7.89. The zero-order valence-electron chi connectivity index (χ0n) is 16.6. The van der Waals surface area contributed by atoms with Crippen molar-refractivity contribution in [3.05, 3.63) is 58.1 Å². The first-order valence-corrected chi connectivity index (χ1v) is 12.0. The number of carbonyl (C=O) groups is 2. The van der Waals surface area contributed by atoms with Crippen LogP contribution in [-0.4, -0.2) is 44.3 Å². The Morgan fingerprint density at radius 3 is 2.26 bits per heavy atom. The maximum Gasteiger partial charge on any atom is 0.338 e. The molecular weight excluding hydrogens is 463 g/mol. The molecular formula is C21H22Cl2N2O5S. The van der Waals surface area contributed by atoms with Gasteiger partial charge in [0.25, 0.3) is 5.91 Å². The SMILES string of the molecule is O=C(COC(=O)c1ccc(Cl)cc1)Nc1cc(S(=O)(=O)N2CCCCCC2)ccc1Cl. The van der Waals surface area contributed by atoms with Crippen LogP contribution in [0.5, 0.6) is 0 Å². The van der Waals surface area contributed by atoms with Crippen molar-refractivity contribution in [1.29, 1.82) is 0 Å². The van der Waals surface area contributed by atoms with Crippen LogP contribution >= 0.6 is 23.2 Å². The molecule has 1 saturated heterocycles. The van der Waals surface area contributed by atoms with E-state index in [9.17, 15) is 18.0 Å². The molecule has 1 amide bonds. The van der Waals surface area contributed by atoms with Crippen LogP contribution in [-0.2, 0) is 19.6 Å². The van der Waals surface area contributed by atoms with Gasteiger partial charge < -0.3 is 10.1 Å². The number of hydrogen-bond acceptors (Lipinski definition) is 5. The van der Waals surface area contributed by atoms with Gasteiger partial charge >= 0.3 is 5.97 Å². The lowest BCUT2D eigenvalue weighted by Crippen LogP contribution is -2.32. The van der Waals surface area contributed by atoms with Gasteiger partial charge in [0.15, 0.2) is 6.61 Å². The summed E-state index contributed by atoms with van der Waals surface area (Å²) >= 11 is 11.9. The normalized spacial score (nSPS) is 15.2. The second kappa shape index (κ2) is 10.5. The number of rotatable bonds is 6. The molecule has 1 N–H and O–H groups in total. The van der Waals surface area contributed by atoms with E-state index < -0.39 is 28.5 Å². The van der Waals surface area contributed by atoms with Crippen LogP contribution in [0.25, 0.3) is 0 Å². The summed E-state index contributed by atoms with van der Waals surface area (Å²) in [7, 11) is -3.70. The lowest BCUT2D eigenvalue weighted by atomic mass is 10.2. The fourth-order valence-electron chi connectivity index (χ4n) is 3.18. The molecule has 0 unspecified atom stereocenters. The molecule has 31 heavy (non-hydrogen) atoms. The van der Waals surface area contributed by atoms with Crippen molar-refractivity contribution in [1.82, 2.24) is 4.31 Å². The van der Waals surface area contributed by atoms with E-state index in [1.54, 1.807) is 0 Å². The number of nitrogens with zero attached hydrogens (tertiary/aromatic N) is 1. The zero-order chi connectivity index (χ0) is 22.4. The Hall–Kier alpha value is -2.13. The van der Waals surface area contributed by atoms with Crippen LogP contribution in [0, 0.1) is 0 Å². The van der Waals surface area contributed by atoms with E-state index in [0.29, 0.717) is 18.1 Å². The maximum absolute atomic E-state index is 13.0. The van der Waals surface area contributed by atoms with E-state index in [1.807, 2.05) is 0 Å². The lowest BCUT2D eigenvalue weighted by Gasteiger charge is -2.20. The summed E-state index contributed by atoms with van der Waals surface area (Å²) in [6, 6.07) is 10.2. The molecule has 2 aromatic carbocycles. The smallest absolute Gasteiger partial charge is 0.338 e. The summed E-state index contributed by atoms with van der Waals surface area (Å²) in [6.07, 6.45) is 3.64. The minimum absolute atomic E-state index is 0.0484. The summed E-state index contributed by atoms with van der Waals surface area (Å²) in [4.78, 5) is 24.3. The van der Waals surface area contributed by atoms with Crippen molar-refractivity contribution in [3.63, 3.8) is 0 Å². The van der Waals surface area contributed by atoms with Crippen molar-refractivity contribution in [2.45, 2.75) is 30.6 Å². The number of nitrogens with one attached hydrogen (secondary N) is 1. The molecule has 1 aliphatic rings. The van der Waals surface area contributed by atoms with Crippen molar-refractivity contribution in [2.24, 2.45) is 0 Å². The molecule has 0 atom stereocenters. The summed E-state index contributed by atoms with van der Waals surface area (Å²) in [5.41, 5.74) is 0.380. The second-order valence-electron chi connectivity index (χ2n) is 7.09. The van der Waals surface area contributed by atoms with E-state index in [2.05, 4.69) is 5.32 Å². The Labute approximate surface area is 191 Å². The van der Waals surface area contributed by atoms with E-state index >= 15 is 0 Å². The summed E-state index contributed by atoms with van der Waals surface area (Å²) in [5.74, 6) is -1.33. The van der Waals surface area contributed by atoms with Crippen LogP contribution in [0.15, 0.2) is 47.4 Å². The van der Waals surface area contributed by atoms with Gasteiger partial charge in [-0.25, -0.2) is 13.2 Å². The second-order valence-corrected chi connectivity index (χ2v) is 9.87. The Morgan fingerprint density at radius 2 is 1.61 bits per heavy atom. The first-order valence-electron chi connectivity index (χ1n) is 9.79. The van der Waals surface area contributed by atoms with Gasteiger partial charge in [0, 0.05) is 18.1 Å². The number of benzene rings is 2. The van der Waals surface area contributed by atoms with Gasteiger partial charge in [0.05, 0.1) is 21.2 Å². The number of carbonyl (C=O) groups excluding carboxylic acids is 2. The van der Waals surface area contributed by atoms with Crippen LogP contribution in [0.3, 0.4) is 0 Å². The standard InChI is InChI=1S/C21H22Cl2N2O5S/c22-16-7-5-15(6-8-16)21(27)30-14-20(26)24-19-13-17(9-10-18(19)23)31(28,29)25-11-3-1-2-4-12-25/h5-10,13H,1-4,11-12,14H2,(H,24,26). The van der Waals surface area contributed by atoms with Gasteiger partial charge in [-0.3, -0.25) is 4.79 Å². The average Bonchev–Trinajstić information content (AvgIpc) is 3.04. The minimum Gasteiger partial charge on any atom is -0.452 e. The Kier molecular flexibility index (Phi) is 7.94. The Morgan fingerprint density at radius 1 is 0.968 bits per heavy atom. The molecule has 0 spiro atoms.